The molecule has 0 aromatic heterocycles. The van der Waals surface area contributed by atoms with Gasteiger partial charge in [-0.1, -0.05) is 17.7 Å². The Kier molecular flexibility index (Phi) is 4.89. The average Bonchev–Trinajstić information content (AvgIpc) is 3.40. The Morgan fingerprint density at radius 2 is 1.85 bits per heavy atom. The summed E-state index contributed by atoms with van der Waals surface area (Å²) in [5.74, 6) is 0.271. The Labute approximate surface area is 165 Å². The van der Waals surface area contributed by atoms with Crippen molar-refractivity contribution < 1.29 is 4.39 Å². The molecule has 2 aromatic rings. The third-order valence-electron chi connectivity index (χ3n) is 5.78. The largest absolute Gasteiger partial charge is 0.351 e. The minimum Gasteiger partial charge on any atom is -0.351 e. The van der Waals surface area contributed by atoms with Crippen LogP contribution in [-0.2, 0) is 0 Å². The summed E-state index contributed by atoms with van der Waals surface area (Å²) in [6.45, 7) is 4.89. The molecule has 0 atom stereocenters. The Hall–Kier alpha value is -2.01. The van der Waals surface area contributed by atoms with E-state index in [4.69, 9.17) is 5.41 Å². The molecule has 2 N–H and O–H groups in total. The highest BCUT2D eigenvalue weighted by Gasteiger charge is 2.50. The van der Waals surface area contributed by atoms with Gasteiger partial charge in [0, 0.05) is 22.5 Å². The van der Waals surface area contributed by atoms with Gasteiger partial charge in [-0.3, -0.25) is 5.41 Å². The molecule has 2 aromatic carbocycles. The van der Waals surface area contributed by atoms with Crippen molar-refractivity contribution >= 4 is 23.5 Å². The van der Waals surface area contributed by atoms with Crippen LogP contribution in [0.3, 0.4) is 0 Å². The number of benzene rings is 2. The zero-order valence-electron chi connectivity index (χ0n) is 15.9. The highest BCUT2D eigenvalue weighted by atomic mass is 32.2. The number of nitrogens with one attached hydrogen (secondary N) is 2. The lowest BCUT2D eigenvalue weighted by molar-refractivity contribution is 0.220. The van der Waals surface area contributed by atoms with E-state index in [2.05, 4.69) is 28.7 Å². The highest BCUT2D eigenvalue weighted by Crippen LogP contribution is 2.49. The molecule has 1 saturated carbocycles. The second-order valence-electron chi connectivity index (χ2n) is 7.84. The van der Waals surface area contributed by atoms with Gasteiger partial charge < -0.3 is 9.62 Å². The molecule has 0 radical (unpaired) electrons. The number of amidine groups is 1. The summed E-state index contributed by atoms with van der Waals surface area (Å²) in [6, 6.07) is 11.3. The van der Waals surface area contributed by atoms with Crippen molar-refractivity contribution in [3.8, 4) is 0 Å². The Bertz CT molecular complexity index is 859. The van der Waals surface area contributed by atoms with Crippen LogP contribution in [0.15, 0.2) is 41.3 Å². The average molecular weight is 384 g/mol. The minimum absolute atomic E-state index is 0.192. The Balaban J connectivity index is 1.61. The number of aryl methyl sites for hydroxylation is 2. The van der Waals surface area contributed by atoms with Gasteiger partial charge in [0.1, 0.15) is 11.7 Å². The molecule has 3 nitrogen and oxygen atoms in total. The van der Waals surface area contributed by atoms with E-state index in [0.29, 0.717) is 11.5 Å². The van der Waals surface area contributed by atoms with Crippen LogP contribution in [0, 0.1) is 25.1 Å². The van der Waals surface area contributed by atoms with Crippen LogP contribution in [-0.4, -0.2) is 22.8 Å². The molecule has 1 spiro atoms. The van der Waals surface area contributed by atoms with Gasteiger partial charge in [-0.2, -0.15) is 0 Å². The quantitative estimate of drug-likeness (QED) is 0.392. The maximum atomic E-state index is 14.1. The van der Waals surface area contributed by atoms with E-state index in [1.807, 2.05) is 19.1 Å². The summed E-state index contributed by atoms with van der Waals surface area (Å²) in [7, 11) is 0. The molecule has 1 heterocycles. The highest BCUT2D eigenvalue weighted by molar-refractivity contribution is 8.00. The van der Waals surface area contributed by atoms with Gasteiger partial charge >= 0.3 is 0 Å². The molecule has 1 aliphatic heterocycles. The van der Waals surface area contributed by atoms with Crippen LogP contribution >= 0.6 is 11.9 Å². The summed E-state index contributed by atoms with van der Waals surface area (Å²) in [4.78, 5) is 3.34. The van der Waals surface area contributed by atoms with Gasteiger partial charge in [-0.25, -0.2) is 4.39 Å². The molecular formula is C22H26FN3S. The van der Waals surface area contributed by atoms with Crippen LogP contribution < -0.4 is 4.72 Å². The molecule has 0 bridgehead atoms. The predicted octanol–water partition coefficient (Wildman–Crippen LogP) is 5.91. The molecule has 142 valence electrons. The van der Waals surface area contributed by atoms with Gasteiger partial charge in [0.25, 0.3) is 0 Å². The zero-order valence-corrected chi connectivity index (χ0v) is 16.8. The summed E-state index contributed by atoms with van der Waals surface area (Å²) in [5, 5.41) is 8.94. The topological polar surface area (TPSA) is 39.1 Å². The van der Waals surface area contributed by atoms with E-state index in [9.17, 15) is 4.39 Å². The van der Waals surface area contributed by atoms with Crippen LogP contribution in [0.2, 0.25) is 0 Å². The molecule has 2 aliphatic rings. The van der Waals surface area contributed by atoms with Crippen molar-refractivity contribution in [2.75, 3.05) is 11.3 Å². The van der Waals surface area contributed by atoms with Crippen molar-refractivity contribution in [1.82, 2.24) is 4.90 Å². The SMILES string of the molecule is Cc1ccc(SNc2cc(F)cc(C)c2C(=N)N2CCCCC23CC3)cc1. The maximum Gasteiger partial charge on any atom is 0.130 e. The molecule has 1 saturated heterocycles. The molecule has 4 rings (SSSR count). The first kappa shape index (κ1) is 18.4. The lowest BCUT2D eigenvalue weighted by Gasteiger charge is -2.39. The first-order valence-electron chi connectivity index (χ1n) is 9.65. The van der Waals surface area contributed by atoms with E-state index in [0.717, 1.165) is 29.0 Å². The Morgan fingerprint density at radius 1 is 1.11 bits per heavy atom. The standard InChI is InChI=1S/C22H26FN3S/c1-15-5-7-18(8-6-15)27-25-19-14-17(23)13-16(2)20(19)21(24)26-12-4-3-9-22(26)10-11-22/h5-8,13-14,24-25H,3-4,9-12H2,1-2H3. The third-order valence-corrected chi connectivity index (χ3v) is 6.61. The van der Waals surface area contributed by atoms with Crippen molar-refractivity contribution in [1.29, 1.82) is 5.41 Å². The van der Waals surface area contributed by atoms with Crippen LogP contribution in [0.25, 0.3) is 0 Å². The fourth-order valence-corrected chi connectivity index (χ4v) is 4.76. The van der Waals surface area contributed by atoms with Crippen molar-refractivity contribution in [2.24, 2.45) is 0 Å². The van der Waals surface area contributed by atoms with E-state index < -0.39 is 0 Å². The number of anilines is 1. The molecule has 1 aliphatic carbocycles. The predicted molar refractivity (Wildman–Crippen MR) is 111 cm³/mol. The van der Waals surface area contributed by atoms with Crippen molar-refractivity contribution in [3.05, 3.63) is 58.9 Å². The molecule has 0 amide bonds. The molecule has 2 fully saturated rings. The molecule has 0 unspecified atom stereocenters. The van der Waals surface area contributed by atoms with Crippen molar-refractivity contribution in [2.45, 2.75) is 56.4 Å². The van der Waals surface area contributed by atoms with E-state index in [-0.39, 0.29) is 11.4 Å². The molecule has 27 heavy (non-hydrogen) atoms. The van der Waals surface area contributed by atoms with Gasteiger partial charge in [0.15, 0.2) is 0 Å². The summed E-state index contributed by atoms with van der Waals surface area (Å²) in [5.41, 5.74) is 3.72. The van der Waals surface area contributed by atoms with Gasteiger partial charge in [0.05, 0.1) is 5.69 Å². The lowest BCUT2D eigenvalue weighted by atomic mass is 9.96. The monoisotopic (exact) mass is 383 g/mol. The van der Waals surface area contributed by atoms with E-state index in [1.165, 1.54) is 55.3 Å². The first-order chi connectivity index (χ1) is 13.0. The number of likely N-dealkylation sites (tertiary alicyclic amines) is 1. The second-order valence-corrected chi connectivity index (χ2v) is 8.72. The summed E-state index contributed by atoms with van der Waals surface area (Å²) < 4.78 is 17.4. The lowest BCUT2D eigenvalue weighted by Crippen LogP contribution is -2.46. The number of hydrogen-bond donors (Lipinski definition) is 2. The smallest absolute Gasteiger partial charge is 0.130 e. The van der Waals surface area contributed by atoms with Crippen LogP contribution in [0.5, 0.6) is 0 Å². The second kappa shape index (κ2) is 7.19. The number of nitrogens with zero attached hydrogens (tertiary/aromatic N) is 1. The van der Waals surface area contributed by atoms with Gasteiger partial charge in [0.2, 0.25) is 0 Å². The van der Waals surface area contributed by atoms with Gasteiger partial charge in [-0.05, 0) is 87.7 Å². The summed E-state index contributed by atoms with van der Waals surface area (Å²) in [6.07, 6.45) is 5.91. The van der Waals surface area contributed by atoms with Crippen molar-refractivity contribution in [3.63, 3.8) is 0 Å². The first-order valence-corrected chi connectivity index (χ1v) is 10.5. The fourth-order valence-electron chi connectivity index (χ4n) is 4.10. The number of hydrogen-bond acceptors (Lipinski definition) is 3. The molecular weight excluding hydrogens is 357 g/mol. The third kappa shape index (κ3) is 3.70. The van der Waals surface area contributed by atoms with Gasteiger partial charge in [-0.15, -0.1) is 0 Å². The van der Waals surface area contributed by atoms with E-state index in [1.54, 1.807) is 0 Å². The number of rotatable bonds is 4. The minimum atomic E-state index is -0.268. The zero-order chi connectivity index (χ0) is 19.0. The Morgan fingerprint density at radius 3 is 2.56 bits per heavy atom. The normalized spacial score (nSPS) is 17.8. The van der Waals surface area contributed by atoms with E-state index >= 15 is 0 Å². The maximum absolute atomic E-state index is 14.1. The van der Waals surface area contributed by atoms with Crippen LogP contribution in [0.4, 0.5) is 10.1 Å². The number of piperidine rings is 1. The number of halogens is 1. The van der Waals surface area contributed by atoms with Crippen LogP contribution in [0.1, 0.15) is 48.8 Å². The fraction of sp³-hybridized carbons (Fsp3) is 0.409. The summed E-state index contributed by atoms with van der Waals surface area (Å²) >= 11 is 1.46. The molecule has 5 heteroatoms.